The number of ether oxygens (including phenoxy) is 1. The van der Waals surface area contributed by atoms with Crippen molar-refractivity contribution in [3.63, 3.8) is 0 Å². The number of esters is 1. The van der Waals surface area contributed by atoms with Crippen molar-refractivity contribution in [1.29, 1.82) is 0 Å². The molecule has 4 rings (SSSR count). The first-order valence-corrected chi connectivity index (χ1v) is 9.77. The van der Waals surface area contributed by atoms with Gasteiger partial charge in [-0.3, -0.25) is 4.72 Å². The number of sulfonamides is 1. The van der Waals surface area contributed by atoms with Crippen molar-refractivity contribution in [3.8, 4) is 0 Å². The normalized spacial score (nSPS) is 16.1. The van der Waals surface area contributed by atoms with Gasteiger partial charge in [0.15, 0.2) is 0 Å². The fourth-order valence-electron chi connectivity index (χ4n) is 2.62. The molecule has 0 radical (unpaired) electrons. The molecule has 8 nitrogen and oxygen atoms in total. The van der Waals surface area contributed by atoms with Crippen LogP contribution in [0.2, 0.25) is 0 Å². The summed E-state index contributed by atoms with van der Waals surface area (Å²) in [6.45, 7) is 0. The largest absolute Gasteiger partial charge is 0.423 e. The number of nitrogens with zero attached hydrogens (tertiary/aromatic N) is 3. The summed E-state index contributed by atoms with van der Waals surface area (Å²) >= 11 is 0. The Kier molecular flexibility index (Phi) is 4.58. The Bertz CT molecular complexity index is 1150. The van der Waals surface area contributed by atoms with Gasteiger partial charge in [0.2, 0.25) is 0 Å². The highest BCUT2D eigenvalue weighted by atomic mass is 32.2. The number of hydrogen-bond acceptors (Lipinski definition) is 7. The molecule has 1 aliphatic heterocycles. The van der Waals surface area contributed by atoms with E-state index in [1.807, 2.05) is 0 Å². The Hall–Kier alpha value is -3.59. The van der Waals surface area contributed by atoms with E-state index in [1.165, 1.54) is 24.4 Å². The van der Waals surface area contributed by atoms with Crippen LogP contribution in [0.15, 0.2) is 99.0 Å². The number of hydrogen-bond donors (Lipinski definition) is 1. The number of fused-ring (bicyclic) bond motifs is 1. The van der Waals surface area contributed by atoms with Crippen molar-refractivity contribution in [1.82, 2.24) is 4.98 Å². The summed E-state index contributed by atoms with van der Waals surface area (Å²) < 4.78 is 32.2. The SMILES string of the molecule is O=C1C=C2CC(N=Nc3ccc(S(=O)(=O)Nc4ccccn4)cc3)=CC=C2O1. The van der Waals surface area contributed by atoms with Crippen molar-refractivity contribution in [3.05, 3.63) is 83.9 Å². The molecule has 0 unspecified atom stereocenters. The van der Waals surface area contributed by atoms with Crippen LogP contribution >= 0.6 is 0 Å². The van der Waals surface area contributed by atoms with Crippen molar-refractivity contribution in [2.75, 3.05) is 4.72 Å². The van der Waals surface area contributed by atoms with Gasteiger partial charge in [0, 0.05) is 24.3 Å². The van der Waals surface area contributed by atoms with Crippen LogP contribution in [0.4, 0.5) is 11.5 Å². The molecule has 28 heavy (non-hydrogen) atoms. The van der Waals surface area contributed by atoms with Crippen molar-refractivity contribution < 1.29 is 17.9 Å². The lowest BCUT2D eigenvalue weighted by molar-refractivity contribution is -0.132. The van der Waals surface area contributed by atoms with Crippen LogP contribution in [-0.4, -0.2) is 19.4 Å². The van der Waals surface area contributed by atoms with Gasteiger partial charge in [0.1, 0.15) is 11.6 Å². The minimum Gasteiger partial charge on any atom is -0.423 e. The van der Waals surface area contributed by atoms with Crippen LogP contribution in [0.1, 0.15) is 6.42 Å². The second-order valence-electron chi connectivity index (χ2n) is 5.97. The highest BCUT2D eigenvalue weighted by Gasteiger charge is 2.23. The van der Waals surface area contributed by atoms with Crippen LogP contribution in [-0.2, 0) is 19.6 Å². The van der Waals surface area contributed by atoms with Crippen LogP contribution in [0.25, 0.3) is 0 Å². The van der Waals surface area contributed by atoms with E-state index in [9.17, 15) is 13.2 Å². The van der Waals surface area contributed by atoms with E-state index in [0.29, 0.717) is 23.6 Å². The van der Waals surface area contributed by atoms with Gasteiger partial charge in [0.05, 0.1) is 16.3 Å². The van der Waals surface area contributed by atoms with Crippen molar-refractivity contribution in [2.45, 2.75) is 11.3 Å². The molecular weight excluding hydrogens is 380 g/mol. The van der Waals surface area contributed by atoms with Gasteiger partial charge in [-0.15, -0.1) is 0 Å². The number of rotatable bonds is 5. The Balaban J connectivity index is 1.46. The van der Waals surface area contributed by atoms with E-state index < -0.39 is 10.0 Å². The summed E-state index contributed by atoms with van der Waals surface area (Å²) in [5, 5.41) is 8.27. The molecule has 2 aliphatic rings. The predicted molar refractivity (Wildman–Crippen MR) is 101 cm³/mol. The number of allylic oxidation sites excluding steroid dienone is 4. The summed E-state index contributed by atoms with van der Waals surface area (Å²) in [6, 6.07) is 11.0. The van der Waals surface area contributed by atoms with Gasteiger partial charge in [-0.05, 0) is 48.6 Å². The zero-order valence-corrected chi connectivity index (χ0v) is 15.3. The molecule has 140 valence electrons. The number of carbonyl (C=O) groups excluding carboxylic acids is 1. The molecule has 2 heterocycles. The molecule has 0 saturated carbocycles. The Morgan fingerprint density at radius 1 is 1.04 bits per heavy atom. The lowest BCUT2D eigenvalue weighted by Crippen LogP contribution is -2.13. The highest BCUT2D eigenvalue weighted by molar-refractivity contribution is 7.92. The van der Waals surface area contributed by atoms with Crippen molar-refractivity contribution >= 4 is 27.5 Å². The zero-order chi connectivity index (χ0) is 19.6. The number of nitrogens with one attached hydrogen (secondary N) is 1. The number of carbonyl (C=O) groups is 1. The summed E-state index contributed by atoms with van der Waals surface area (Å²) in [5.74, 6) is 0.398. The Labute approximate surface area is 161 Å². The Morgan fingerprint density at radius 2 is 1.86 bits per heavy atom. The van der Waals surface area contributed by atoms with Crippen LogP contribution in [0.3, 0.4) is 0 Å². The van der Waals surface area contributed by atoms with Gasteiger partial charge >= 0.3 is 5.97 Å². The molecule has 1 N–H and O–H groups in total. The van der Waals surface area contributed by atoms with E-state index in [-0.39, 0.29) is 16.7 Å². The summed E-state index contributed by atoms with van der Waals surface area (Å²) in [7, 11) is -3.74. The van der Waals surface area contributed by atoms with Crippen LogP contribution in [0, 0.1) is 0 Å². The number of anilines is 1. The van der Waals surface area contributed by atoms with Gasteiger partial charge in [-0.1, -0.05) is 6.07 Å². The van der Waals surface area contributed by atoms with Gasteiger partial charge in [-0.25, -0.2) is 18.2 Å². The van der Waals surface area contributed by atoms with Gasteiger partial charge in [0.25, 0.3) is 10.0 Å². The highest BCUT2D eigenvalue weighted by Crippen LogP contribution is 2.31. The molecule has 0 atom stereocenters. The zero-order valence-electron chi connectivity index (χ0n) is 14.4. The summed E-state index contributed by atoms with van der Waals surface area (Å²) in [5.41, 5.74) is 1.94. The molecule has 0 fully saturated rings. The molecule has 1 aliphatic carbocycles. The predicted octanol–water partition coefficient (Wildman–Crippen LogP) is 3.62. The minimum atomic E-state index is -3.74. The van der Waals surface area contributed by atoms with E-state index in [4.69, 9.17) is 4.74 Å². The molecule has 1 aromatic carbocycles. The second kappa shape index (κ2) is 7.20. The fourth-order valence-corrected chi connectivity index (χ4v) is 3.63. The van der Waals surface area contributed by atoms with Gasteiger partial charge in [-0.2, -0.15) is 10.2 Å². The summed E-state index contributed by atoms with van der Waals surface area (Å²) in [4.78, 5) is 15.3. The molecule has 0 saturated heterocycles. The number of benzene rings is 1. The van der Waals surface area contributed by atoms with Crippen molar-refractivity contribution in [2.24, 2.45) is 10.2 Å². The van der Waals surface area contributed by atoms with Gasteiger partial charge < -0.3 is 4.74 Å². The smallest absolute Gasteiger partial charge is 0.336 e. The first-order valence-electron chi connectivity index (χ1n) is 8.29. The fraction of sp³-hybridized carbons (Fsp3) is 0.0526. The number of pyridine rings is 1. The lowest BCUT2D eigenvalue weighted by atomic mass is 10.0. The molecule has 0 bridgehead atoms. The third-order valence-corrected chi connectivity index (χ3v) is 5.33. The van der Waals surface area contributed by atoms with E-state index in [1.54, 1.807) is 42.5 Å². The average Bonchev–Trinajstić information content (AvgIpc) is 3.06. The van der Waals surface area contributed by atoms with Crippen LogP contribution in [0.5, 0.6) is 0 Å². The molecular formula is C19H14N4O4S. The van der Waals surface area contributed by atoms with Crippen LogP contribution < -0.4 is 4.72 Å². The quantitative estimate of drug-likeness (QED) is 0.615. The average molecular weight is 394 g/mol. The maximum absolute atomic E-state index is 12.4. The maximum Gasteiger partial charge on any atom is 0.336 e. The minimum absolute atomic E-state index is 0.0910. The third-order valence-electron chi connectivity index (χ3n) is 3.96. The molecule has 9 heteroatoms. The lowest BCUT2D eigenvalue weighted by Gasteiger charge is -2.08. The maximum atomic E-state index is 12.4. The van der Waals surface area contributed by atoms with E-state index in [0.717, 1.165) is 5.57 Å². The molecule has 2 aromatic rings. The first-order chi connectivity index (χ1) is 13.5. The molecule has 1 aromatic heterocycles. The topological polar surface area (TPSA) is 110 Å². The monoisotopic (exact) mass is 394 g/mol. The summed E-state index contributed by atoms with van der Waals surface area (Å²) in [6.07, 6.45) is 6.78. The number of aromatic nitrogens is 1. The molecule has 0 amide bonds. The van der Waals surface area contributed by atoms with E-state index >= 15 is 0 Å². The standard InChI is InChI=1S/C19H14N4O4S/c24-19-12-13-11-15(6-9-17(13)27-19)22-21-14-4-7-16(8-5-14)28(25,26)23-18-3-1-2-10-20-18/h1-10,12H,11H2,(H,20,23). The molecule has 0 spiro atoms. The Morgan fingerprint density at radius 3 is 2.61 bits per heavy atom. The van der Waals surface area contributed by atoms with E-state index in [2.05, 4.69) is 19.9 Å². The second-order valence-corrected chi connectivity index (χ2v) is 7.65. The third kappa shape index (κ3) is 3.89. The number of azo groups is 1. The first kappa shape index (κ1) is 17.8.